The maximum atomic E-state index is 14.6. The van der Waals surface area contributed by atoms with Crippen LogP contribution in [0.15, 0.2) is 30.9 Å². The van der Waals surface area contributed by atoms with Crippen molar-refractivity contribution in [2.24, 2.45) is 5.92 Å². The van der Waals surface area contributed by atoms with Crippen molar-refractivity contribution in [3.05, 3.63) is 42.2 Å². The van der Waals surface area contributed by atoms with Crippen molar-refractivity contribution in [3.8, 4) is 0 Å². The first-order valence-corrected chi connectivity index (χ1v) is 9.71. The van der Waals surface area contributed by atoms with Crippen LogP contribution in [0.25, 0.3) is 0 Å². The van der Waals surface area contributed by atoms with Crippen LogP contribution in [0.2, 0.25) is 0 Å². The van der Waals surface area contributed by atoms with Crippen LogP contribution >= 0.6 is 0 Å². The average Bonchev–Trinajstić information content (AvgIpc) is 2.68. The van der Waals surface area contributed by atoms with Gasteiger partial charge in [0.05, 0.1) is 18.9 Å². The molecule has 5 heteroatoms. The van der Waals surface area contributed by atoms with Crippen LogP contribution in [0.4, 0.5) is 10.1 Å². The van der Waals surface area contributed by atoms with Gasteiger partial charge in [-0.05, 0) is 37.0 Å². The summed E-state index contributed by atoms with van der Waals surface area (Å²) in [7, 11) is 0. The minimum atomic E-state index is -0.339. The van der Waals surface area contributed by atoms with Gasteiger partial charge in [-0.25, -0.2) is 4.39 Å². The number of hydrogen-bond donors (Lipinski definition) is 0. The molecule has 4 nitrogen and oxygen atoms in total. The Bertz CT molecular complexity index is 622. The molecule has 1 aliphatic carbocycles. The molecule has 1 aromatic rings. The van der Waals surface area contributed by atoms with Crippen LogP contribution in [0, 0.1) is 11.7 Å². The molecule has 0 spiro atoms. The van der Waals surface area contributed by atoms with E-state index >= 15 is 0 Å². The van der Waals surface area contributed by atoms with E-state index in [1.54, 1.807) is 18.2 Å². The van der Waals surface area contributed by atoms with Gasteiger partial charge in [-0.3, -0.25) is 4.79 Å². The number of carbonyl (C=O) groups excluding carboxylic acids is 1. The van der Waals surface area contributed by atoms with Crippen LogP contribution in [-0.2, 0) is 4.74 Å². The lowest BCUT2D eigenvalue weighted by Gasteiger charge is -2.30. The van der Waals surface area contributed by atoms with Gasteiger partial charge in [-0.2, -0.15) is 0 Å². The Labute approximate surface area is 155 Å². The number of carbonyl (C=O) groups is 1. The summed E-state index contributed by atoms with van der Waals surface area (Å²) < 4.78 is 19.9. The minimum absolute atomic E-state index is 0.108. The van der Waals surface area contributed by atoms with Crippen molar-refractivity contribution in [1.82, 2.24) is 4.90 Å². The number of nitrogens with zero attached hydrogens (tertiary/aromatic N) is 2. The summed E-state index contributed by atoms with van der Waals surface area (Å²) in [5.74, 6) is 0.0991. The Morgan fingerprint density at radius 1 is 1.27 bits per heavy atom. The number of halogens is 1. The predicted molar refractivity (Wildman–Crippen MR) is 102 cm³/mol. The van der Waals surface area contributed by atoms with Gasteiger partial charge in [0, 0.05) is 31.7 Å². The van der Waals surface area contributed by atoms with E-state index in [0.29, 0.717) is 50.0 Å². The van der Waals surface area contributed by atoms with Crippen LogP contribution in [0.5, 0.6) is 0 Å². The molecule has 0 atom stereocenters. The van der Waals surface area contributed by atoms with Gasteiger partial charge >= 0.3 is 0 Å². The normalized spacial score (nSPS) is 18.6. The highest BCUT2D eigenvalue weighted by Gasteiger charge is 2.23. The van der Waals surface area contributed by atoms with Gasteiger partial charge < -0.3 is 14.5 Å². The van der Waals surface area contributed by atoms with Crippen molar-refractivity contribution in [2.75, 3.05) is 44.3 Å². The molecule has 1 aliphatic heterocycles. The highest BCUT2D eigenvalue weighted by molar-refractivity contribution is 5.94. The third kappa shape index (κ3) is 4.64. The summed E-state index contributed by atoms with van der Waals surface area (Å²) in [6.07, 6.45) is 7.86. The number of morpholine rings is 1. The Morgan fingerprint density at radius 3 is 2.65 bits per heavy atom. The zero-order valence-corrected chi connectivity index (χ0v) is 15.5. The Kier molecular flexibility index (Phi) is 6.67. The summed E-state index contributed by atoms with van der Waals surface area (Å²) in [5.41, 5.74) is 0.963. The highest BCUT2D eigenvalue weighted by Crippen LogP contribution is 2.26. The van der Waals surface area contributed by atoms with Gasteiger partial charge in [0.25, 0.3) is 5.91 Å². The molecular weight excluding hydrogens is 331 g/mol. The molecule has 1 amide bonds. The molecule has 142 valence electrons. The van der Waals surface area contributed by atoms with Crippen molar-refractivity contribution in [2.45, 2.75) is 32.1 Å². The first-order valence-electron chi connectivity index (χ1n) is 9.71. The summed E-state index contributed by atoms with van der Waals surface area (Å²) in [5, 5.41) is 0. The quantitative estimate of drug-likeness (QED) is 0.722. The minimum Gasteiger partial charge on any atom is -0.378 e. The maximum absolute atomic E-state index is 14.6. The molecule has 1 heterocycles. The van der Waals surface area contributed by atoms with E-state index in [4.69, 9.17) is 4.74 Å². The molecule has 2 fully saturated rings. The lowest BCUT2D eigenvalue weighted by molar-refractivity contribution is 0.0735. The number of benzene rings is 1. The number of hydrogen-bond acceptors (Lipinski definition) is 3. The monoisotopic (exact) mass is 360 g/mol. The second-order valence-electron chi connectivity index (χ2n) is 7.27. The molecule has 0 radical (unpaired) electrons. The average molecular weight is 360 g/mol. The van der Waals surface area contributed by atoms with E-state index in [2.05, 4.69) is 6.58 Å². The number of amides is 1. The summed E-state index contributed by atoms with van der Waals surface area (Å²) in [4.78, 5) is 16.7. The van der Waals surface area contributed by atoms with Crippen molar-refractivity contribution in [3.63, 3.8) is 0 Å². The molecule has 3 rings (SSSR count). The summed E-state index contributed by atoms with van der Waals surface area (Å²) >= 11 is 0. The van der Waals surface area contributed by atoms with E-state index in [0.717, 1.165) is 6.54 Å². The molecule has 26 heavy (non-hydrogen) atoms. The number of anilines is 1. The zero-order valence-electron chi connectivity index (χ0n) is 15.5. The zero-order chi connectivity index (χ0) is 18.4. The first kappa shape index (κ1) is 18.9. The molecular formula is C21H29FN2O2. The summed E-state index contributed by atoms with van der Waals surface area (Å²) in [6, 6.07) is 4.85. The molecule has 1 saturated carbocycles. The number of ether oxygens (including phenoxy) is 1. The van der Waals surface area contributed by atoms with Crippen LogP contribution in [0.1, 0.15) is 42.5 Å². The summed E-state index contributed by atoms with van der Waals surface area (Å²) in [6.45, 7) is 7.57. The predicted octanol–water partition coefficient (Wildman–Crippen LogP) is 3.87. The van der Waals surface area contributed by atoms with Crippen LogP contribution in [0.3, 0.4) is 0 Å². The second kappa shape index (κ2) is 9.17. The van der Waals surface area contributed by atoms with Crippen molar-refractivity contribution < 1.29 is 13.9 Å². The Morgan fingerprint density at radius 2 is 2.00 bits per heavy atom. The Balaban J connectivity index is 1.71. The topological polar surface area (TPSA) is 32.8 Å². The van der Waals surface area contributed by atoms with Gasteiger partial charge in [-0.1, -0.05) is 25.3 Å². The Hall–Kier alpha value is -1.88. The standard InChI is InChI=1S/C21H29FN2O2/c1-2-10-24(16-17-6-4-3-5-7-17)21(25)18-8-9-20(19(22)15-18)23-11-13-26-14-12-23/h2,8-9,15,17H,1,3-7,10-14,16H2. The van der Waals surface area contributed by atoms with E-state index in [-0.39, 0.29) is 11.7 Å². The van der Waals surface area contributed by atoms with Gasteiger partial charge in [0.2, 0.25) is 0 Å². The molecule has 0 unspecified atom stereocenters. The second-order valence-corrected chi connectivity index (χ2v) is 7.27. The molecule has 1 saturated heterocycles. The molecule has 1 aromatic carbocycles. The lowest BCUT2D eigenvalue weighted by Crippen LogP contribution is -2.37. The number of rotatable bonds is 6. The smallest absolute Gasteiger partial charge is 0.254 e. The third-order valence-electron chi connectivity index (χ3n) is 5.39. The fourth-order valence-corrected chi connectivity index (χ4v) is 3.96. The molecule has 0 N–H and O–H groups in total. The molecule has 0 aromatic heterocycles. The van der Waals surface area contributed by atoms with E-state index in [1.807, 2.05) is 9.80 Å². The van der Waals surface area contributed by atoms with E-state index in [1.165, 1.54) is 38.2 Å². The lowest BCUT2D eigenvalue weighted by atomic mass is 9.89. The largest absolute Gasteiger partial charge is 0.378 e. The van der Waals surface area contributed by atoms with Crippen molar-refractivity contribution >= 4 is 11.6 Å². The highest BCUT2D eigenvalue weighted by atomic mass is 19.1. The third-order valence-corrected chi connectivity index (χ3v) is 5.39. The molecule has 0 bridgehead atoms. The van der Waals surface area contributed by atoms with E-state index in [9.17, 15) is 9.18 Å². The fourth-order valence-electron chi connectivity index (χ4n) is 3.96. The SMILES string of the molecule is C=CCN(CC1CCCCC1)C(=O)c1ccc(N2CCOCC2)c(F)c1. The fraction of sp³-hybridized carbons (Fsp3) is 0.571. The van der Waals surface area contributed by atoms with Gasteiger partial charge in [-0.15, -0.1) is 6.58 Å². The van der Waals surface area contributed by atoms with Gasteiger partial charge in [0.15, 0.2) is 0 Å². The van der Waals surface area contributed by atoms with Crippen LogP contribution in [-0.4, -0.2) is 50.2 Å². The van der Waals surface area contributed by atoms with Crippen LogP contribution < -0.4 is 4.90 Å². The van der Waals surface area contributed by atoms with E-state index < -0.39 is 0 Å². The molecule has 2 aliphatic rings. The maximum Gasteiger partial charge on any atom is 0.254 e. The van der Waals surface area contributed by atoms with Crippen molar-refractivity contribution in [1.29, 1.82) is 0 Å². The first-order chi connectivity index (χ1) is 12.7. The van der Waals surface area contributed by atoms with Gasteiger partial charge in [0.1, 0.15) is 5.82 Å².